The normalized spacial score (nSPS) is 15.9. The number of hydrogen-bond donors (Lipinski definition) is 2. The van der Waals surface area contributed by atoms with Crippen LogP contribution in [-0.4, -0.2) is 49.2 Å². The van der Waals surface area contributed by atoms with Crippen molar-refractivity contribution in [2.75, 3.05) is 32.6 Å². The zero-order chi connectivity index (χ0) is 21.8. The molecule has 0 spiro atoms. The van der Waals surface area contributed by atoms with Crippen molar-refractivity contribution in [2.24, 2.45) is 0 Å². The van der Waals surface area contributed by atoms with Crippen molar-refractivity contribution in [3.05, 3.63) is 52.6 Å². The molecular weight excluding hydrogens is 384 g/mol. The molecule has 1 atom stereocenters. The van der Waals surface area contributed by atoms with E-state index in [0.29, 0.717) is 24.5 Å². The lowest BCUT2D eigenvalue weighted by atomic mass is 9.90. The first-order chi connectivity index (χ1) is 14.3. The first-order valence-electron chi connectivity index (χ1n) is 9.90. The van der Waals surface area contributed by atoms with E-state index in [2.05, 4.69) is 5.32 Å². The molecule has 0 aliphatic carbocycles. The van der Waals surface area contributed by atoms with Gasteiger partial charge in [-0.3, -0.25) is 14.5 Å². The first kappa shape index (κ1) is 21.6. The van der Waals surface area contributed by atoms with Crippen LogP contribution in [0.4, 0.5) is 5.69 Å². The highest BCUT2D eigenvalue weighted by Crippen LogP contribution is 2.39. The minimum absolute atomic E-state index is 0.0978. The molecule has 30 heavy (non-hydrogen) atoms. The van der Waals surface area contributed by atoms with Gasteiger partial charge in [-0.2, -0.15) is 0 Å². The Balaban J connectivity index is 1.82. The second-order valence-electron chi connectivity index (χ2n) is 7.59. The molecular formula is C23H28N2O5. The molecule has 0 fully saturated rings. The number of amides is 1. The van der Waals surface area contributed by atoms with Crippen LogP contribution in [0.3, 0.4) is 0 Å². The van der Waals surface area contributed by atoms with Crippen LogP contribution < -0.4 is 14.8 Å². The Labute approximate surface area is 176 Å². The fourth-order valence-electron chi connectivity index (χ4n) is 3.88. The number of fused-ring (bicyclic) bond motifs is 1. The number of nitrogens with one attached hydrogen (secondary N) is 1. The molecule has 1 aliphatic rings. The van der Waals surface area contributed by atoms with Crippen molar-refractivity contribution in [1.82, 2.24) is 4.90 Å². The summed E-state index contributed by atoms with van der Waals surface area (Å²) >= 11 is 0. The number of methoxy groups -OCH3 is 2. The quantitative estimate of drug-likeness (QED) is 0.725. The fourth-order valence-corrected chi connectivity index (χ4v) is 3.88. The lowest BCUT2D eigenvalue weighted by Crippen LogP contribution is -2.41. The van der Waals surface area contributed by atoms with Crippen LogP contribution in [0, 0.1) is 13.8 Å². The van der Waals surface area contributed by atoms with Crippen LogP contribution in [0.15, 0.2) is 30.3 Å². The van der Waals surface area contributed by atoms with Gasteiger partial charge in [0.15, 0.2) is 11.5 Å². The molecule has 0 radical (unpaired) electrons. The van der Waals surface area contributed by atoms with Crippen molar-refractivity contribution < 1.29 is 24.2 Å². The summed E-state index contributed by atoms with van der Waals surface area (Å²) in [5.41, 5.74) is 4.88. The van der Waals surface area contributed by atoms with Gasteiger partial charge in [0, 0.05) is 18.3 Å². The number of hydrogen-bond acceptors (Lipinski definition) is 5. The van der Waals surface area contributed by atoms with Gasteiger partial charge in [0.2, 0.25) is 5.91 Å². The topological polar surface area (TPSA) is 88.1 Å². The first-order valence-corrected chi connectivity index (χ1v) is 9.90. The van der Waals surface area contributed by atoms with Gasteiger partial charge in [0.05, 0.1) is 27.2 Å². The number of carboxylic acids is 1. The van der Waals surface area contributed by atoms with E-state index in [9.17, 15) is 14.7 Å². The third kappa shape index (κ3) is 4.74. The van der Waals surface area contributed by atoms with Crippen LogP contribution in [0.25, 0.3) is 0 Å². The van der Waals surface area contributed by atoms with Crippen LogP contribution >= 0.6 is 0 Å². The number of ether oxygens (including phenoxy) is 2. The molecule has 2 aromatic carbocycles. The average molecular weight is 412 g/mol. The van der Waals surface area contributed by atoms with E-state index in [1.165, 1.54) is 0 Å². The number of aliphatic carboxylic acids is 1. The monoisotopic (exact) mass is 412 g/mol. The molecule has 7 nitrogen and oxygen atoms in total. The molecule has 1 aliphatic heterocycles. The molecule has 7 heteroatoms. The summed E-state index contributed by atoms with van der Waals surface area (Å²) in [6, 6.07) is 9.08. The van der Waals surface area contributed by atoms with Gasteiger partial charge in [-0.1, -0.05) is 6.07 Å². The van der Waals surface area contributed by atoms with Crippen molar-refractivity contribution in [2.45, 2.75) is 32.7 Å². The van der Waals surface area contributed by atoms with E-state index in [4.69, 9.17) is 9.47 Å². The highest BCUT2D eigenvalue weighted by atomic mass is 16.5. The number of aryl methyl sites for hydroxylation is 2. The summed E-state index contributed by atoms with van der Waals surface area (Å²) in [5, 5.41) is 12.4. The molecule has 1 amide bonds. The molecule has 1 heterocycles. The fraction of sp³-hybridized carbons (Fsp3) is 0.391. The van der Waals surface area contributed by atoms with Gasteiger partial charge < -0.3 is 19.9 Å². The Morgan fingerprint density at radius 3 is 2.43 bits per heavy atom. The van der Waals surface area contributed by atoms with Crippen LogP contribution in [0.1, 0.15) is 34.7 Å². The Bertz CT molecular complexity index is 957. The van der Waals surface area contributed by atoms with Gasteiger partial charge in [-0.25, -0.2) is 0 Å². The second kappa shape index (κ2) is 9.17. The highest BCUT2D eigenvalue weighted by molar-refractivity contribution is 5.92. The number of rotatable bonds is 7. The summed E-state index contributed by atoms with van der Waals surface area (Å²) in [6.07, 6.45) is 0.599. The SMILES string of the molecule is COc1cc2c(cc1OC)C(CC(=O)O)N(CC(=O)Nc1ccc(C)c(C)c1)CC2. The zero-order valence-electron chi connectivity index (χ0n) is 17.8. The number of carbonyl (C=O) groups is 2. The summed E-state index contributed by atoms with van der Waals surface area (Å²) in [5.74, 6) is 0.0825. The Morgan fingerprint density at radius 2 is 1.80 bits per heavy atom. The maximum Gasteiger partial charge on any atom is 0.305 e. The molecule has 0 saturated heterocycles. The van der Waals surface area contributed by atoms with Gasteiger partial charge >= 0.3 is 5.97 Å². The van der Waals surface area contributed by atoms with E-state index in [1.54, 1.807) is 14.2 Å². The maximum absolute atomic E-state index is 12.7. The number of benzene rings is 2. The zero-order valence-corrected chi connectivity index (χ0v) is 17.8. The van der Waals surface area contributed by atoms with Crippen LogP contribution in [0.5, 0.6) is 11.5 Å². The third-order valence-corrected chi connectivity index (χ3v) is 5.62. The summed E-state index contributed by atoms with van der Waals surface area (Å²) in [7, 11) is 3.12. The molecule has 160 valence electrons. The van der Waals surface area contributed by atoms with Crippen LogP contribution in [0.2, 0.25) is 0 Å². The van der Waals surface area contributed by atoms with Gasteiger partial charge in [0.1, 0.15) is 0 Å². The second-order valence-corrected chi connectivity index (χ2v) is 7.59. The summed E-state index contributed by atoms with van der Waals surface area (Å²) in [6.45, 7) is 4.71. The minimum Gasteiger partial charge on any atom is -0.493 e. The predicted octanol–water partition coefficient (Wildman–Crippen LogP) is 3.33. The van der Waals surface area contributed by atoms with Crippen molar-refractivity contribution in [3.8, 4) is 11.5 Å². The standard InChI is InChI=1S/C23H28N2O5/c1-14-5-6-17(9-15(14)2)24-22(26)13-25-8-7-16-10-20(29-3)21(30-4)11-18(16)19(25)12-23(27)28/h5-6,9-11,19H,7-8,12-13H2,1-4H3,(H,24,26)(H,27,28). The van der Waals surface area contributed by atoms with Gasteiger partial charge in [0.25, 0.3) is 0 Å². The maximum atomic E-state index is 12.7. The summed E-state index contributed by atoms with van der Waals surface area (Å²) in [4.78, 5) is 26.2. The Hall–Kier alpha value is -3.06. The lowest BCUT2D eigenvalue weighted by Gasteiger charge is -2.36. The predicted molar refractivity (Wildman–Crippen MR) is 114 cm³/mol. The van der Waals surface area contributed by atoms with Crippen molar-refractivity contribution in [3.63, 3.8) is 0 Å². The smallest absolute Gasteiger partial charge is 0.305 e. The van der Waals surface area contributed by atoms with E-state index >= 15 is 0 Å². The molecule has 2 aromatic rings. The minimum atomic E-state index is -0.915. The number of carboxylic acid groups (broad SMARTS) is 1. The third-order valence-electron chi connectivity index (χ3n) is 5.62. The molecule has 1 unspecified atom stereocenters. The van der Waals surface area contributed by atoms with Crippen molar-refractivity contribution >= 4 is 17.6 Å². The largest absolute Gasteiger partial charge is 0.493 e. The lowest BCUT2D eigenvalue weighted by molar-refractivity contribution is -0.139. The number of anilines is 1. The van der Waals surface area contributed by atoms with Crippen LogP contribution in [-0.2, 0) is 16.0 Å². The molecule has 3 rings (SSSR count). The van der Waals surface area contributed by atoms with E-state index in [0.717, 1.165) is 27.9 Å². The van der Waals surface area contributed by atoms with Gasteiger partial charge in [-0.15, -0.1) is 0 Å². The molecule has 2 N–H and O–H groups in total. The van der Waals surface area contributed by atoms with Gasteiger partial charge in [-0.05, 0) is 66.8 Å². The average Bonchev–Trinajstić information content (AvgIpc) is 2.71. The molecule has 0 bridgehead atoms. The van der Waals surface area contributed by atoms with E-state index in [1.807, 2.05) is 49.1 Å². The summed E-state index contributed by atoms with van der Waals surface area (Å²) < 4.78 is 10.8. The number of carbonyl (C=O) groups excluding carboxylic acids is 1. The highest BCUT2D eigenvalue weighted by Gasteiger charge is 2.32. The number of nitrogens with zero attached hydrogens (tertiary/aromatic N) is 1. The Morgan fingerprint density at radius 1 is 1.10 bits per heavy atom. The van der Waals surface area contributed by atoms with E-state index < -0.39 is 12.0 Å². The van der Waals surface area contributed by atoms with Crippen molar-refractivity contribution in [1.29, 1.82) is 0 Å². The molecule has 0 aromatic heterocycles. The van der Waals surface area contributed by atoms with E-state index in [-0.39, 0.29) is 18.9 Å². The molecule has 0 saturated carbocycles. The Kier molecular flexibility index (Phi) is 6.62.